The number of anilines is 1. The minimum Gasteiger partial charge on any atom is -0.378 e. The number of rotatable bonds is 10. The van der Waals surface area contributed by atoms with Crippen LogP contribution in [-0.2, 0) is 17.9 Å². The van der Waals surface area contributed by atoms with Gasteiger partial charge in [0, 0.05) is 37.7 Å². The summed E-state index contributed by atoms with van der Waals surface area (Å²) < 4.78 is 5.32. The first-order valence-corrected chi connectivity index (χ1v) is 8.91. The number of nitrogens with zero attached hydrogens (tertiary/aromatic N) is 2. The topological polar surface area (TPSA) is 37.4 Å². The van der Waals surface area contributed by atoms with Gasteiger partial charge in [0.15, 0.2) is 5.13 Å². The molecule has 1 aromatic rings. The number of methoxy groups -OCH3 is 1. The highest BCUT2D eigenvalue weighted by atomic mass is 32.1. The molecule has 0 spiro atoms. The Kier molecular flexibility index (Phi) is 6.45. The normalized spacial score (nSPS) is 14.9. The van der Waals surface area contributed by atoms with Gasteiger partial charge in [0.05, 0.1) is 12.3 Å². The number of thiazole rings is 1. The Morgan fingerprint density at radius 3 is 2.76 bits per heavy atom. The molecule has 120 valence electrons. The first-order chi connectivity index (χ1) is 10.1. The molecular formula is C16H29N3OS. The summed E-state index contributed by atoms with van der Waals surface area (Å²) in [5.74, 6) is 0.892. The molecule has 5 heteroatoms. The first kappa shape index (κ1) is 16.7. The third-order valence-electron chi connectivity index (χ3n) is 3.66. The lowest BCUT2D eigenvalue weighted by Crippen LogP contribution is -2.26. The van der Waals surface area contributed by atoms with Crippen LogP contribution in [0, 0.1) is 5.92 Å². The zero-order chi connectivity index (χ0) is 15.2. The van der Waals surface area contributed by atoms with E-state index in [1.807, 2.05) is 11.3 Å². The van der Waals surface area contributed by atoms with E-state index in [9.17, 15) is 0 Å². The Hall–Kier alpha value is -0.650. The molecule has 0 radical (unpaired) electrons. The summed E-state index contributed by atoms with van der Waals surface area (Å²) in [7, 11) is 1.74. The smallest absolute Gasteiger partial charge is 0.185 e. The van der Waals surface area contributed by atoms with Gasteiger partial charge in [-0.25, -0.2) is 4.98 Å². The molecule has 0 atom stereocenters. The van der Waals surface area contributed by atoms with E-state index in [0.717, 1.165) is 24.7 Å². The van der Waals surface area contributed by atoms with Gasteiger partial charge >= 0.3 is 0 Å². The van der Waals surface area contributed by atoms with Crippen LogP contribution in [-0.4, -0.2) is 31.2 Å². The lowest BCUT2D eigenvalue weighted by molar-refractivity contribution is 0.181. The van der Waals surface area contributed by atoms with Crippen molar-refractivity contribution in [1.29, 1.82) is 0 Å². The summed E-state index contributed by atoms with van der Waals surface area (Å²) in [6, 6.07) is 0.490. The Labute approximate surface area is 132 Å². The van der Waals surface area contributed by atoms with Crippen molar-refractivity contribution in [3.8, 4) is 0 Å². The molecule has 1 fully saturated rings. The molecule has 1 heterocycles. The van der Waals surface area contributed by atoms with Crippen molar-refractivity contribution in [3.63, 3.8) is 0 Å². The minimum absolute atomic E-state index is 0.490. The highest BCUT2D eigenvalue weighted by Gasteiger charge is 2.26. The lowest BCUT2D eigenvalue weighted by atomic mass is 10.3. The summed E-state index contributed by atoms with van der Waals surface area (Å²) >= 11 is 1.83. The fourth-order valence-electron chi connectivity index (χ4n) is 2.34. The summed E-state index contributed by atoms with van der Waals surface area (Å²) in [4.78, 5) is 8.65. The van der Waals surface area contributed by atoms with Crippen LogP contribution in [0.5, 0.6) is 0 Å². The third kappa shape index (κ3) is 5.24. The molecule has 0 aromatic carbocycles. The van der Waals surface area contributed by atoms with E-state index < -0.39 is 0 Å². The quantitative estimate of drug-likeness (QED) is 0.718. The molecule has 1 saturated carbocycles. The average Bonchev–Trinajstić information content (AvgIpc) is 3.16. The van der Waals surface area contributed by atoms with Crippen LogP contribution in [0.2, 0.25) is 0 Å². The number of ether oxygens (including phenoxy) is 1. The van der Waals surface area contributed by atoms with E-state index in [1.165, 1.54) is 35.8 Å². The van der Waals surface area contributed by atoms with Crippen molar-refractivity contribution >= 4 is 16.5 Å². The SMILES string of the molecule is CCCN(CC1CC1)c1nc(COC)c(CNC(C)C)s1. The molecule has 4 nitrogen and oxygen atoms in total. The van der Waals surface area contributed by atoms with E-state index in [0.29, 0.717) is 12.6 Å². The monoisotopic (exact) mass is 311 g/mol. The second kappa shape index (κ2) is 8.11. The van der Waals surface area contributed by atoms with Gasteiger partial charge in [0.25, 0.3) is 0 Å². The van der Waals surface area contributed by atoms with E-state index in [1.54, 1.807) is 7.11 Å². The van der Waals surface area contributed by atoms with Crippen molar-refractivity contribution in [2.45, 2.75) is 59.2 Å². The highest BCUT2D eigenvalue weighted by Crippen LogP contribution is 2.34. The molecule has 1 aromatic heterocycles. The maximum absolute atomic E-state index is 5.32. The zero-order valence-corrected chi connectivity index (χ0v) is 14.6. The molecule has 0 aliphatic heterocycles. The molecule has 0 saturated heterocycles. The van der Waals surface area contributed by atoms with Gasteiger partial charge in [-0.3, -0.25) is 0 Å². The molecule has 0 bridgehead atoms. The van der Waals surface area contributed by atoms with Gasteiger partial charge < -0.3 is 15.0 Å². The van der Waals surface area contributed by atoms with Crippen LogP contribution in [0.15, 0.2) is 0 Å². The summed E-state index contributed by atoms with van der Waals surface area (Å²) in [5, 5.41) is 4.67. The van der Waals surface area contributed by atoms with Crippen molar-refractivity contribution in [3.05, 3.63) is 10.6 Å². The molecule has 0 unspecified atom stereocenters. The molecule has 2 rings (SSSR count). The van der Waals surface area contributed by atoms with Crippen molar-refractivity contribution in [2.24, 2.45) is 5.92 Å². The van der Waals surface area contributed by atoms with Crippen molar-refractivity contribution in [1.82, 2.24) is 10.3 Å². The molecule has 1 N–H and O–H groups in total. The van der Waals surface area contributed by atoms with Crippen LogP contribution >= 0.6 is 11.3 Å². The van der Waals surface area contributed by atoms with Gasteiger partial charge in [-0.05, 0) is 25.2 Å². The fraction of sp³-hybridized carbons (Fsp3) is 0.812. The predicted molar refractivity (Wildman–Crippen MR) is 90.0 cm³/mol. The average molecular weight is 311 g/mol. The Morgan fingerprint density at radius 1 is 1.43 bits per heavy atom. The summed E-state index contributed by atoms with van der Waals surface area (Å²) in [6.07, 6.45) is 3.95. The zero-order valence-electron chi connectivity index (χ0n) is 13.8. The second-order valence-electron chi connectivity index (χ2n) is 6.22. The maximum atomic E-state index is 5.32. The Bertz CT molecular complexity index is 429. The van der Waals surface area contributed by atoms with Gasteiger partial charge in [0.2, 0.25) is 0 Å². The first-order valence-electron chi connectivity index (χ1n) is 8.09. The number of hydrogen-bond donors (Lipinski definition) is 1. The van der Waals surface area contributed by atoms with Crippen LogP contribution in [0.25, 0.3) is 0 Å². The standard InChI is InChI=1S/C16H29N3OS/c1-5-8-19(10-13-6-7-13)16-18-14(11-20-4)15(21-16)9-17-12(2)3/h12-13,17H,5-11H2,1-4H3. The molecule has 21 heavy (non-hydrogen) atoms. The largest absolute Gasteiger partial charge is 0.378 e. The minimum atomic E-state index is 0.490. The Balaban J connectivity index is 2.10. The van der Waals surface area contributed by atoms with Gasteiger partial charge in [-0.2, -0.15) is 0 Å². The molecule has 1 aliphatic rings. The van der Waals surface area contributed by atoms with Gasteiger partial charge in [0.1, 0.15) is 0 Å². The van der Waals surface area contributed by atoms with Gasteiger partial charge in [-0.15, -0.1) is 11.3 Å². The van der Waals surface area contributed by atoms with E-state index in [-0.39, 0.29) is 0 Å². The predicted octanol–water partition coefficient (Wildman–Crippen LogP) is 3.41. The maximum Gasteiger partial charge on any atom is 0.185 e. The van der Waals surface area contributed by atoms with E-state index in [4.69, 9.17) is 9.72 Å². The highest BCUT2D eigenvalue weighted by molar-refractivity contribution is 7.15. The number of aromatic nitrogens is 1. The summed E-state index contributed by atoms with van der Waals surface area (Å²) in [6.45, 7) is 10.4. The van der Waals surface area contributed by atoms with Crippen LogP contribution < -0.4 is 10.2 Å². The molecule has 0 amide bonds. The lowest BCUT2D eigenvalue weighted by Gasteiger charge is -2.20. The molecule has 1 aliphatic carbocycles. The fourth-order valence-corrected chi connectivity index (χ4v) is 3.39. The summed E-state index contributed by atoms with van der Waals surface area (Å²) in [5.41, 5.74) is 1.10. The number of nitrogens with one attached hydrogen (secondary N) is 1. The van der Waals surface area contributed by atoms with E-state index in [2.05, 4.69) is 31.0 Å². The van der Waals surface area contributed by atoms with Crippen molar-refractivity contribution < 1.29 is 4.74 Å². The van der Waals surface area contributed by atoms with Gasteiger partial charge in [-0.1, -0.05) is 20.8 Å². The van der Waals surface area contributed by atoms with E-state index >= 15 is 0 Å². The Morgan fingerprint density at radius 2 is 2.19 bits per heavy atom. The molecular weight excluding hydrogens is 282 g/mol. The van der Waals surface area contributed by atoms with Crippen LogP contribution in [0.3, 0.4) is 0 Å². The van der Waals surface area contributed by atoms with Crippen LogP contribution in [0.1, 0.15) is 50.6 Å². The van der Waals surface area contributed by atoms with Crippen LogP contribution in [0.4, 0.5) is 5.13 Å². The third-order valence-corrected chi connectivity index (χ3v) is 4.82. The second-order valence-corrected chi connectivity index (χ2v) is 7.29. The van der Waals surface area contributed by atoms with Crippen molar-refractivity contribution in [2.75, 3.05) is 25.1 Å². The number of hydrogen-bond acceptors (Lipinski definition) is 5.